The van der Waals surface area contributed by atoms with Crippen LogP contribution in [0.15, 0.2) is 12.7 Å². The van der Waals surface area contributed by atoms with Crippen molar-refractivity contribution in [1.82, 2.24) is 5.32 Å². The topological polar surface area (TPSA) is 12.0 Å². The minimum atomic E-state index is 0.710. The van der Waals surface area contributed by atoms with Crippen molar-refractivity contribution in [1.29, 1.82) is 0 Å². The molecule has 13 heavy (non-hydrogen) atoms. The van der Waals surface area contributed by atoms with Crippen LogP contribution in [-0.2, 0) is 0 Å². The number of hydrogen-bond acceptors (Lipinski definition) is 1. The van der Waals surface area contributed by atoms with Crippen LogP contribution < -0.4 is 5.32 Å². The first kappa shape index (κ1) is 12.7. The number of rotatable bonds is 8. The van der Waals surface area contributed by atoms with Gasteiger partial charge in [-0.05, 0) is 37.8 Å². The number of hydrogen-bond donors (Lipinski definition) is 1. The lowest BCUT2D eigenvalue weighted by Gasteiger charge is -2.13. The average molecular weight is 183 g/mol. The lowest BCUT2D eigenvalue weighted by molar-refractivity contribution is 0.452. The summed E-state index contributed by atoms with van der Waals surface area (Å²) in [7, 11) is 0. The average Bonchev–Trinajstić information content (AvgIpc) is 2.10. The Bertz CT molecular complexity index is 118. The van der Waals surface area contributed by atoms with E-state index in [0.717, 1.165) is 19.0 Å². The van der Waals surface area contributed by atoms with Crippen LogP contribution >= 0.6 is 0 Å². The summed E-state index contributed by atoms with van der Waals surface area (Å²) in [6.07, 6.45) is 5.97. The van der Waals surface area contributed by atoms with Crippen molar-refractivity contribution in [3.63, 3.8) is 0 Å². The van der Waals surface area contributed by atoms with Crippen molar-refractivity contribution < 1.29 is 0 Å². The quantitative estimate of drug-likeness (QED) is 0.450. The van der Waals surface area contributed by atoms with E-state index in [0.29, 0.717) is 5.92 Å². The van der Waals surface area contributed by atoms with Gasteiger partial charge in [0.15, 0.2) is 0 Å². The van der Waals surface area contributed by atoms with Crippen LogP contribution in [0.5, 0.6) is 0 Å². The van der Waals surface area contributed by atoms with E-state index < -0.39 is 0 Å². The third-order valence-corrected chi connectivity index (χ3v) is 2.39. The van der Waals surface area contributed by atoms with Crippen LogP contribution in [0.25, 0.3) is 0 Å². The number of allylic oxidation sites excluding steroid dienone is 1. The summed E-state index contributed by atoms with van der Waals surface area (Å²) < 4.78 is 0. The van der Waals surface area contributed by atoms with E-state index in [1.54, 1.807) is 0 Å². The molecule has 0 amide bonds. The fourth-order valence-corrected chi connectivity index (χ4v) is 1.39. The molecule has 0 aromatic heterocycles. The summed E-state index contributed by atoms with van der Waals surface area (Å²) >= 11 is 0. The van der Waals surface area contributed by atoms with Gasteiger partial charge in [0.05, 0.1) is 0 Å². The van der Waals surface area contributed by atoms with Crippen LogP contribution in [0.4, 0.5) is 0 Å². The van der Waals surface area contributed by atoms with Crippen molar-refractivity contribution in [3.8, 4) is 0 Å². The zero-order chi connectivity index (χ0) is 10.1. The maximum absolute atomic E-state index is 3.89. The van der Waals surface area contributed by atoms with E-state index in [4.69, 9.17) is 0 Å². The van der Waals surface area contributed by atoms with Crippen molar-refractivity contribution in [3.05, 3.63) is 12.7 Å². The molecule has 0 rings (SSSR count). The lowest BCUT2D eigenvalue weighted by Crippen LogP contribution is -2.17. The molecule has 1 N–H and O–H groups in total. The lowest BCUT2D eigenvalue weighted by atomic mass is 9.95. The Morgan fingerprint density at radius 1 is 1.23 bits per heavy atom. The van der Waals surface area contributed by atoms with E-state index in [2.05, 4.69) is 38.7 Å². The fourth-order valence-electron chi connectivity index (χ4n) is 1.39. The first-order chi connectivity index (χ1) is 6.20. The van der Waals surface area contributed by atoms with Crippen LogP contribution in [0.1, 0.15) is 40.0 Å². The molecule has 1 atom stereocenters. The minimum absolute atomic E-state index is 0.710. The van der Waals surface area contributed by atoms with Gasteiger partial charge >= 0.3 is 0 Å². The molecule has 0 aromatic carbocycles. The highest BCUT2D eigenvalue weighted by Gasteiger charge is 2.04. The predicted octanol–water partition coefficient (Wildman–Crippen LogP) is 3.22. The van der Waals surface area contributed by atoms with E-state index in [9.17, 15) is 0 Å². The van der Waals surface area contributed by atoms with Gasteiger partial charge < -0.3 is 5.32 Å². The molecule has 0 bridgehead atoms. The first-order valence-corrected chi connectivity index (χ1v) is 5.54. The predicted molar refractivity (Wildman–Crippen MR) is 60.9 cm³/mol. The Morgan fingerprint density at radius 3 is 2.38 bits per heavy atom. The molecule has 0 fully saturated rings. The van der Waals surface area contributed by atoms with E-state index in [1.807, 2.05) is 0 Å². The largest absolute Gasteiger partial charge is 0.317 e. The normalized spacial score (nSPS) is 13.2. The Labute approximate surface area is 83.6 Å². The van der Waals surface area contributed by atoms with Gasteiger partial charge in [0.1, 0.15) is 0 Å². The van der Waals surface area contributed by atoms with Gasteiger partial charge in [-0.25, -0.2) is 0 Å². The van der Waals surface area contributed by atoms with Crippen molar-refractivity contribution >= 4 is 0 Å². The van der Waals surface area contributed by atoms with Crippen LogP contribution in [0.2, 0.25) is 0 Å². The highest BCUT2D eigenvalue weighted by molar-refractivity contribution is 4.79. The number of nitrogens with one attached hydrogen (secondary N) is 1. The van der Waals surface area contributed by atoms with E-state index >= 15 is 0 Å². The molecule has 1 unspecified atom stereocenters. The second-order valence-corrected chi connectivity index (χ2v) is 4.11. The molecule has 1 nitrogen and oxygen atoms in total. The van der Waals surface area contributed by atoms with Crippen molar-refractivity contribution in [2.75, 3.05) is 13.1 Å². The maximum atomic E-state index is 3.89. The first-order valence-electron chi connectivity index (χ1n) is 5.54. The van der Waals surface area contributed by atoms with Gasteiger partial charge in [-0.15, -0.1) is 6.58 Å². The van der Waals surface area contributed by atoms with Gasteiger partial charge in [0.2, 0.25) is 0 Å². The van der Waals surface area contributed by atoms with Gasteiger partial charge in [0, 0.05) is 0 Å². The Hall–Kier alpha value is -0.300. The Morgan fingerprint density at radius 2 is 1.92 bits per heavy atom. The molecule has 1 heteroatoms. The van der Waals surface area contributed by atoms with E-state index in [1.165, 1.54) is 19.3 Å². The monoisotopic (exact) mass is 183 g/mol. The molecular weight excluding hydrogens is 158 g/mol. The summed E-state index contributed by atoms with van der Waals surface area (Å²) in [5, 5.41) is 3.35. The smallest absolute Gasteiger partial charge is 0.00434 e. The molecular formula is C12H25N. The molecule has 0 saturated carbocycles. The second kappa shape index (κ2) is 8.31. The second-order valence-electron chi connectivity index (χ2n) is 4.11. The van der Waals surface area contributed by atoms with Gasteiger partial charge in [0.25, 0.3) is 0 Å². The zero-order valence-electron chi connectivity index (χ0n) is 9.47. The maximum Gasteiger partial charge on any atom is -0.00434 e. The molecule has 0 spiro atoms. The standard InChI is InChI=1S/C12H25N/c1-5-12(8-7-11(3)4)9-10-13-6-2/h5,11-13H,1,6-10H2,2-4H3. The zero-order valence-corrected chi connectivity index (χ0v) is 9.47. The Balaban J connectivity index is 3.45. The van der Waals surface area contributed by atoms with Crippen molar-refractivity contribution in [2.24, 2.45) is 11.8 Å². The third-order valence-electron chi connectivity index (χ3n) is 2.39. The molecule has 0 saturated heterocycles. The van der Waals surface area contributed by atoms with Gasteiger partial charge in [-0.1, -0.05) is 33.3 Å². The molecule has 0 radical (unpaired) electrons. The van der Waals surface area contributed by atoms with Gasteiger partial charge in [-0.2, -0.15) is 0 Å². The summed E-state index contributed by atoms with van der Waals surface area (Å²) in [6, 6.07) is 0. The molecule has 0 aliphatic carbocycles. The van der Waals surface area contributed by atoms with Crippen LogP contribution in [0.3, 0.4) is 0 Å². The Kier molecular flexibility index (Phi) is 8.11. The molecule has 0 aromatic rings. The molecule has 78 valence electrons. The van der Waals surface area contributed by atoms with Crippen molar-refractivity contribution in [2.45, 2.75) is 40.0 Å². The third kappa shape index (κ3) is 8.04. The summed E-state index contributed by atoms with van der Waals surface area (Å²) in [6.45, 7) is 12.8. The van der Waals surface area contributed by atoms with Crippen LogP contribution in [-0.4, -0.2) is 13.1 Å². The molecule has 0 aliphatic rings. The summed E-state index contributed by atoms with van der Waals surface area (Å²) in [5.41, 5.74) is 0. The fraction of sp³-hybridized carbons (Fsp3) is 0.833. The SMILES string of the molecule is C=CC(CCNCC)CCC(C)C. The highest BCUT2D eigenvalue weighted by Crippen LogP contribution is 2.15. The summed E-state index contributed by atoms with van der Waals surface area (Å²) in [5.74, 6) is 1.53. The molecule has 0 aliphatic heterocycles. The molecule has 0 heterocycles. The van der Waals surface area contributed by atoms with E-state index in [-0.39, 0.29) is 0 Å². The minimum Gasteiger partial charge on any atom is -0.317 e. The van der Waals surface area contributed by atoms with Gasteiger partial charge in [-0.3, -0.25) is 0 Å². The summed E-state index contributed by atoms with van der Waals surface area (Å²) in [4.78, 5) is 0. The van der Waals surface area contributed by atoms with Crippen LogP contribution in [0, 0.1) is 11.8 Å². The highest BCUT2D eigenvalue weighted by atomic mass is 14.8.